The quantitative estimate of drug-likeness (QED) is 0.753. The molecule has 0 radical (unpaired) electrons. The average Bonchev–Trinajstić information content (AvgIpc) is 3.15. The number of nitrogens with one attached hydrogen (secondary N) is 2. The average molecular weight is 353 g/mol. The van der Waals surface area contributed by atoms with Crippen LogP contribution in [0.5, 0.6) is 5.75 Å². The molecule has 2 amide bonds. The number of thiazole rings is 1. The van der Waals surface area contributed by atoms with Gasteiger partial charge in [-0.1, -0.05) is 11.3 Å². The first-order chi connectivity index (χ1) is 12.1. The highest BCUT2D eigenvalue weighted by Crippen LogP contribution is 2.30. The summed E-state index contributed by atoms with van der Waals surface area (Å²) in [5.41, 5.74) is 2.92. The molecule has 0 saturated carbocycles. The lowest BCUT2D eigenvalue weighted by Crippen LogP contribution is -2.11. The van der Waals surface area contributed by atoms with Crippen molar-refractivity contribution in [2.24, 2.45) is 0 Å². The minimum Gasteiger partial charge on any atom is -0.494 e. The van der Waals surface area contributed by atoms with E-state index in [0.717, 1.165) is 27.2 Å². The van der Waals surface area contributed by atoms with Crippen molar-refractivity contribution >= 4 is 44.2 Å². The monoisotopic (exact) mass is 353 g/mol. The smallest absolute Gasteiger partial charge is 0.257 e. The molecule has 0 fully saturated rings. The summed E-state index contributed by atoms with van der Waals surface area (Å²) < 4.78 is 6.43. The molecule has 0 saturated heterocycles. The zero-order valence-electron chi connectivity index (χ0n) is 13.5. The van der Waals surface area contributed by atoms with Gasteiger partial charge in [-0.3, -0.25) is 14.9 Å². The highest BCUT2D eigenvalue weighted by molar-refractivity contribution is 7.22. The van der Waals surface area contributed by atoms with E-state index in [9.17, 15) is 9.59 Å². The van der Waals surface area contributed by atoms with Gasteiger partial charge in [0.05, 0.1) is 23.2 Å². The number of nitrogens with zero attached hydrogens (tertiary/aromatic N) is 1. The van der Waals surface area contributed by atoms with Gasteiger partial charge < -0.3 is 10.1 Å². The first kappa shape index (κ1) is 15.6. The molecule has 2 heterocycles. The van der Waals surface area contributed by atoms with E-state index in [4.69, 9.17) is 4.74 Å². The van der Waals surface area contributed by atoms with Crippen LogP contribution in [0.25, 0.3) is 10.2 Å². The molecular formula is C18H15N3O3S. The summed E-state index contributed by atoms with van der Waals surface area (Å²) in [7, 11) is 0. The SMILES string of the molecule is CCOc1ccc2nc(NC(=O)c3ccc4c(c3)CC(=O)N4)sc2c1. The van der Waals surface area contributed by atoms with Gasteiger partial charge >= 0.3 is 0 Å². The molecule has 0 aliphatic carbocycles. The Balaban J connectivity index is 1.55. The Morgan fingerprint density at radius 2 is 2.20 bits per heavy atom. The number of aromatic nitrogens is 1. The van der Waals surface area contributed by atoms with Gasteiger partial charge in [0.1, 0.15) is 5.75 Å². The van der Waals surface area contributed by atoms with Crippen LogP contribution in [0.3, 0.4) is 0 Å². The van der Waals surface area contributed by atoms with E-state index < -0.39 is 0 Å². The largest absolute Gasteiger partial charge is 0.494 e. The molecule has 1 aliphatic rings. The van der Waals surface area contributed by atoms with Crippen LogP contribution in [-0.2, 0) is 11.2 Å². The lowest BCUT2D eigenvalue weighted by molar-refractivity contribution is -0.115. The van der Waals surface area contributed by atoms with Gasteiger partial charge in [0, 0.05) is 11.3 Å². The zero-order chi connectivity index (χ0) is 17.4. The van der Waals surface area contributed by atoms with E-state index >= 15 is 0 Å². The van der Waals surface area contributed by atoms with Crippen molar-refractivity contribution < 1.29 is 14.3 Å². The third kappa shape index (κ3) is 3.06. The molecule has 25 heavy (non-hydrogen) atoms. The topological polar surface area (TPSA) is 80.3 Å². The van der Waals surface area contributed by atoms with Crippen LogP contribution >= 0.6 is 11.3 Å². The number of benzene rings is 2. The molecule has 3 aromatic rings. The Morgan fingerprint density at radius 3 is 3.04 bits per heavy atom. The van der Waals surface area contributed by atoms with Gasteiger partial charge in [-0.05, 0) is 48.9 Å². The Kier molecular flexibility index (Phi) is 3.85. The van der Waals surface area contributed by atoms with E-state index in [1.807, 2.05) is 25.1 Å². The van der Waals surface area contributed by atoms with Gasteiger partial charge in [-0.2, -0.15) is 0 Å². The molecule has 1 aliphatic heterocycles. The summed E-state index contributed by atoms with van der Waals surface area (Å²) in [5.74, 6) is 0.488. The highest BCUT2D eigenvalue weighted by atomic mass is 32.1. The number of carbonyl (C=O) groups excluding carboxylic acids is 2. The summed E-state index contributed by atoms with van der Waals surface area (Å²) in [6.45, 7) is 2.53. The summed E-state index contributed by atoms with van der Waals surface area (Å²) in [4.78, 5) is 28.3. The van der Waals surface area contributed by atoms with Crippen molar-refractivity contribution in [3.63, 3.8) is 0 Å². The Bertz CT molecular complexity index is 996. The lowest BCUT2D eigenvalue weighted by atomic mass is 10.1. The molecule has 2 aromatic carbocycles. The Labute approximate surface area is 147 Å². The molecule has 0 spiro atoms. The molecule has 0 unspecified atom stereocenters. The van der Waals surface area contributed by atoms with Crippen molar-refractivity contribution in [1.82, 2.24) is 4.98 Å². The van der Waals surface area contributed by atoms with Crippen molar-refractivity contribution in [1.29, 1.82) is 0 Å². The van der Waals surface area contributed by atoms with Crippen molar-refractivity contribution in [3.8, 4) is 5.75 Å². The van der Waals surface area contributed by atoms with E-state index in [1.165, 1.54) is 11.3 Å². The normalized spacial score (nSPS) is 12.8. The van der Waals surface area contributed by atoms with Crippen LogP contribution in [0.4, 0.5) is 10.8 Å². The van der Waals surface area contributed by atoms with Crippen LogP contribution in [0.2, 0.25) is 0 Å². The maximum atomic E-state index is 12.5. The Morgan fingerprint density at radius 1 is 1.32 bits per heavy atom. The van der Waals surface area contributed by atoms with Crippen molar-refractivity contribution in [2.45, 2.75) is 13.3 Å². The number of amides is 2. The number of fused-ring (bicyclic) bond motifs is 2. The zero-order valence-corrected chi connectivity index (χ0v) is 14.3. The maximum Gasteiger partial charge on any atom is 0.257 e. The first-order valence-corrected chi connectivity index (χ1v) is 8.71. The minimum atomic E-state index is -0.244. The van der Waals surface area contributed by atoms with Gasteiger partial charge in [0.2, 0.25) is 5.91 Å². The molecule has 0 bridgehead atoms. The second kappa shape index (κ2) is 6.18. The highest BCUT2D eigenvalue weighted by Gasteiger charge is 2.19. The van der Waals surface area contributed by atoms with E-state index in [2.05, 4.69) is 15.6 Å². The molecule has 1 aromatic heterocycles. The fourth-order valence-corrected chi connectivity index (χ4v) is 3.64. The molecular weight excluding hydrogens is 338 g/mol. The Hall–Kier alpha value is -2.93. The minimum absolute atomic E-state index is 0.0520. The predicted octanol–water partition coefficient (Wildman–Crippen LogP) is 3.44. The number of carbonyl (C=O) groups is 2. The summed E-state index contributed by atoms with van der Waals surface area (Å²) in [6.07, 6.45) is 0.303. The summed E-state index contributed by atoms with van der Waals surface area (Å²) in [6, 6.07) is 10.8. The fraction of sp³-hybridized carbons (Fsp3) is 0.167. The molecule has 7 heteroatoms. The van der Waals surface area contributed by atoms with Crippen molar-refractivity contribution in [2.75, 3.05) is 17.2 Å². The summed E-state index contributed by atoms with van der Waals surface area (Å²) in [5, 5.41) is 6.11. The molecule has 6 nitrogen and oxygen atoms in total. The van der Waals surface area contributed by atoms with Crippen LogP contribution in [0.15, 0.2) is 36.4 Å². The summed E-state index contributed by atoms with van der Waals surface area (Å²) >= 11 is 1.40. The number of hydrogen-bond acceptors (Lipinski definition) is 5. The second-order valence-corrected chi connectivity index (χ2v) is 6.66. The van der Waals surface area contributed by atoms with Crippen LogP contribution in [-0.4, -0.2) is 23.4 Å². The first-order valence-electron chi connectivity index (χ1n) is 7.90. The van der Waals surface area contributed by atoms with Gasteiger partial charge in [-0.25, -0.2) is 4.98 Å². The van der Waals surface area contributed by atoms with E-state index in [0.29, 0.717) is 23.7 Å². The van der Waals surface area contributed by atoms with Crippen molar-refractivity contribution in [3.05, 3.63) is 47.5 Å². The van der Waals surface area contributed by atoms with E-state index in [-0.39, 0.29) is 11.8 Å². The van der Waals surface area contributed by atoms with Gasteiger partial charge in [0.25, 0.3) is 5.91 Å². The predicted molar refractivity (Wildman–Crippen MR) is 97.5 cm³/mol. The lowest BCUT2D eigenvalue weighted by Gasteiger charge is -2.04. The third-order valence-corrected chi connectivity index (χ3v) is 4.82. The molecule has 2 N–H and O–H groups in total. The van der Waals surface area contributed by atoms with Gasteiger partial charge in [-0.15, -0.1) is 0 Å². The van der Waals surface area contributed by atoms with Crippen LogP contribution in [0.1, 0.15) is 22.8 Å². The number of anilines is 2. The maximum absolute atomic E-state index is 12.5. The molecule has 0 atom stereocenters. The standard InChI is InChI=1S/C18H15N3O3S/c1-2-24-12-4-6-14-15(9-12)25-18(20-14)21-17(23)10-3-5-13-11(7-10)8-16(22)19-13/h3-7,9H,2,8H2,1H3,(H,19,22)(H,20,21,23). The van der Waals surface area contributed by atoms with Crippen LogP contribution < -0.4 is 15.4 Å². The fourth-order valence-electron chi connectivity index (χ4n) is 2.75. The van der Waals surface area contributed by atoms with E-state index in [1.54, 1.807) is 18.2 Å². The van der Waals surface area contributed by atoms with Gasteiger partial charge in [0.15, 0.2) is 5.13 Å². The molecule has 4 rings (SSSR count). The second-order valence-electron chi connectivity index (χ2n) is 5.63. The number of hydrogen-bond donors (Lipinski definition) is 2. The molecule has 126 valence electrons. The third-order valence-electron chi connectivity index (χ3n) is 3.88. The van der Waals surface area contributed by atoms with Crippen LogP contribution in [0, 0.1) is 0 Å². The number of rotatable bonds is 4. The number of ether oxygens (including phenoxy) is 1.